The number of methoxy groups -OCH3 is 3. The third kappa shape index (κ3) is 3.56. The molecule has 0 unspecified atom stereocenters. The van der Waals surface area contributed by atoms with Gasteiger partial charge in [0.05, 0.1) is 21.3 Å². The van der Waals surface area contributed by atoms with E-state index in [-0.39, 0.29) is 5.91 Å². The predicted octanol–water partition coefficient (Wildman–Crippen LogP) is 3.44. The lowest BCUT2D eigenvalue weighted by Crippen LogP contribution is -2.23. The van der Waals surface area contributed by atoms with Crippen molar-refractivity contribution >= 4 is 16.8 Å². The molecule has 0 saturated heterocycles. The highest BCUT2D eigenvalue weighted by atomic mass is 16.5. The number of fused-ring (bicyclic) bond motifs is 1. The minimum absolute atomic E-state index is 0.210. The normalized spacial score (nSPS) is 10.7. The number of aryl methyl sites for hydroxylation is 2. The number of ether oxygens (including phenoxy) is 3. The molecule has 0 fully saturated rings. The Bertz CT molecular complexity index is 966. The molecule has 1 amide bonds. The van der Waals surface area contributed by atoms with Gasteiger partial charge in [0.2, 0.25) is 5.75 Å². The number of hydrogen-bond acceptors (Lipinski definition) is 4. The van der Waals surface area contributed by atoms with Crippen LogP contribution in [0.5, 0.6) is 17.2 Å². The Balaban J connectivity index is 1.79. The molecule has 1 N–H and O–H groups in total. The monoisotopic (exact) mass is 368 g/mol. The van der Waals surface area contributed by atoms with Gasteiger partial charge in [-0.25, -0.2) is 0 Å². The average Bonchev–Trinajstić information content (AvgIpc) is 2.97. The van der Waals surface area contributed by atoms with Gasteiger partial charge in [-0.2, -0.15) is 0 Å². The minimum atomic E-state index is -0.210. The van der Waals surface area contributed by atoms with Gasteiger partial charge in [0.15, 0.2) is 11.5 Å². The molecule has 0 aliphatic carbocycles. The number of amides is 1. The van der Waals surface area contributed by atoms with Crippen molar-refractivity contribution in [2.45, 2.75) is 13.5 Å². The van der Waals surface area contributed by atoms with Crippen molar-refractivity contribution in [2.75, 3.05) is 21.3 Å². The lowest BCUT2D eigenvalue weighted by atomic mass is 10.1. The third-order valence-corrected chi connectivity index (χ3v) is 4.73. The van der Waals surface area contributed by atoms with Crippen molar-refractivity contribution in [3.8, 4) is 17.2 Å². The van der Waals surface area contributed by atoms with E-state index in [0.717, 1.165) is 10.9 Å². The molecule has 0 saturated carbocycles. The van der Waals surface area contributed by atoms with E-state index in [1.165, 1.54) is 32.5 Å². The van der Waals surface area contributed by atoms with Crippen molar-refractivity contribution in [1.82, 2.24) is 9.88 Å². The number of nitrogens with zero attached hydrogens (tertiary/aromatic N) is 1. The quantitative estimate of drug-likeness (QED) is 0.724. The maximum atomic E-state index is 12.6. The van der Waals surface area contributed by atoms with E-state index >= 15 is 0 Å². The first-order valence-corrected chi connectivity index (χ1v) is 8.61. The van der Waals surface area contributed by atoms with Crippen LogP contribution in [0.2, 0.25) is 0 Å². The summed E-state index contributed by atoms with van der Waals surface area (Å²) in [4.78, 5) is 12.6. The first kappa shape index (κ1) is 18.6. The van der Waals surface area contributed by atoms with Crippen molar-refractivity contribution < 1.29 is 19.0 Å². The summed E-state index contributed by atoms with van der Waals surface area (Å²) < 4.78 is 18.1. The lowest BCUT2D eigenvalue weighted by molar-refractivity contribution is 0.0950. The molecule has 3 rings (SSSR count). The number of aromatic nitrogens is 1. The first-order chi connectivity index (χ1) is 13.0. The van der Waals surface area contributed by atoms with Crippen LogP contribution < -0.4 is 19.5 Å². The fourth-order valence-corrected chi connectivity index (χ4v) is 3.14. The highest BCUT2D eigenvalue weighted by Gasteiger charge is 2.17. The van der Waals surface area contributed by atoms with Gasteiger partial charge in [-0.15, -0.1) is 0 Å². The maximum absolute atomic E-state index is 12.6. The molecule has 0 bridgehead atoms. The first-order valence-electron chi connectivity index (χ1n) is 8.61. The van der Waals surface area contributed by atoms with Crippen LogP contribution in [0.4, 0.5) is 0 Å². The predicted molar refractivity (Wildman–Crippen MR) is 105 cm³/mol. The summed E-state index contributed by atoms with van der Waals surface area (Å²) in [5.74, 6) is 1.14. The van der Waals surface area contributed by atoms with E-state index in [1.54, 1.807) is 12.1 Å². The SMILES string of the molecule is COc1cc(C(=O)NCc2ccc3c(c2)cc(C)n3C)cc(OC)c1OC. The van der Waals surface area contributed by atoms with Gasteiger partial charge >= 0.3 is 0 Å². The molecule has 0 aliphatic rings. The van der Waals surface area contributed by atoms with Gasteiger partial charge in [-0.3, -0.25) is 4.79 Å². The Hall–Kier alpha value is -3.15. The molecule has 6 heteroatoms. The Morgan fingerprint density at radius 3 is 2.26 bits per heavy atom. The van der Waals surface area contributed by atoms with Crippen LogP contribution >= 0.6 is 0 Å². The zero-order valence-electron chi connectivity index (χ0n) is 16.3. The summed E-state index contributed by atoms with van der Waals surface area (Å²) >= 11 is 0. The van der Waals surface area contributed by atoms with Gasteiger partial charge in [0.25, 0.3) is 5.91 Å². The number of carbonyl (C=O) groups excluding carboxylic acids is 1. The standard InChI is InChI=1S/C21H24N2O4/c1-13-8-15-9-14(6-7-17(15)23(13)2)12-22-21(24)16-10-18(25-3)20(27-5)19(11-16)26-4/h6-11H,12H2,1-5H3,(H,22,24). The van der Waals surface area contributed by atoms with E-state index in [9.17, 15) is 4.79 Å². The Kier molecular flexibility index (Phi) is 5.26. The molecule has 0 spiro atoms. The molecule has 1 aromatic heterocycles. The molecule has 0 aliphatic heterocycles. The van der Waals surface area contributed by atoms with Crippen LogP contribution in [-0.2, 0) is 13.6 Å². The summed E-state index contributed by atoms with van der Waals surface area (Å²) in [6.07, 6.45) is 0. The van der Waals surface area contributed by atoms with Crippen LogP contribution in [-0.4, -0.2) is 31.8 Å². The summed E-state index contributed by atoms with van der Waals surface area (Å²) in [6.45, 7) is 2.51. The van der Waals surface area contributed by atoms with Crippen LogP contribution in [0.1, 0.15) is 21.6 Å². The zero-order valence-corrected chi connectivity index (χ0v) is 16.3. The Morgan fingerprint density at radius 2 is 1.67 bits per heavy atom. The van der Waals surface area contributed by atoms with E-state index in [4.69, 9.17) is 14.2 Å². The molecule has 0 atom stereocenters. The molecule has 27 heavy (non-hydrogen) atoms. The summed E-state index contributed by atoms with van der Waals surface area (Å²) in [7, 11) is 6.62. The van der Waals surface area contributed by atoms with Crippen molar-refractivity contribution in [3.63, 3.8) is 0 Å². The van der Waals surface area contributed by atoms with E-state index in [2.05, 4.69) is 35.0 Å². The molecule has 2 aromatic carbocycles. The smallest absolute Gasteiger partial charge is 0.251 e. The van der Waals surface area contributed by atoms with E-state index in [1.807, 2.05) is 13.1 Å². The Morgan fingerprint density at radius 1 is 1.00 bits per heavy atom. The summed E-state index contributed by atoms with van der Waals surface area (Å²) in [5, 5.41) is 4.11. The summed E-state index contributed by atoms with van der Waals surface area (Å²) in [5.41, 5.74) is 3.85. The van der Waals surface area contributed by atoms with Gasteiger partial charge < -0.3 is 24.1 Å². The Labute approximate surface area is 158 Å². The molecule has 142 valence electrons. The van der Waals surface area contributed by atoms with Crippen LogP contribution in [0.3, 0.4) is 0 Å². The van der Waals surface area contributed by atoms with Crippen molar-refractivity contribution in [1.29, 1.82) is 0 Å². The number of benzene rings is 2. The van der Waals surface area contributed by atoms with Crippen LogP contribution in [0.25, 0.3) is 10.9 Å². The summed E-state index contributed by atoms with van der Waals surface area (Å²) in [6, 6.07) is 11.6. The number of rotatable bonds is 6. The average molecular weight is 368 g/mol. The van der Waals surface area contributed by atoms with E-state index < -0.39 is 0 Å². The second kappa shape index (κ2) is 7.61. The second-order valence-corrected chi connectivity index (χ2v) is 6.33. The number of nitrogens with one attached hydrogen (secondary N) is 1. The number of hydrogen-bond donors (Lipinski definition) is 1. The molecule has 0 radical (unpaired) electrons. The molecule has 1 heterocycles. The van der Waals surface area contributed by atoms with E-state index in [0.29, 0.717) is 29.4 Å². The fraction of sp³-hybridized carbons (Fsp3) is 0.286. The lowest BCUT2D eigenvalue weighted by Gasteiger charge is -2.14. The third-order valence-electron chi connectivity index (χ3n) is 4.73. The second-order valence-electron chi connectivity index (χ2n) is 6.33. The molecule has 6 nitrogen and oxygen atoms in total. The van der Waals surface area contributed by atoms with Gasteiger partial charge in [-0.1, -0.05) is 6.07 Å². The number of carbonyl (C=O) groups is 1. The van der Waals surface area contributed by atoms with Gasteiger partial charge in [0, 0.05) is 35.8 Å². The topological polar surface area (TPSA) is 61.7 Å². The van der Waals surface area contributed by atoms with Crippen molar-refractivity contribution in [3.05, 3.63) is 53.2 Å². The highest BCUT2D eigenvalue weighted by Crippen LogP contribution is 2.38. The van der Waals surface area contributed by atoms with Crippen LogP contribution in [0, 0.1) is 6.92 Å². The van der Waals surface area contributed by atoms with Crippen LogP contribution in [0.15, 0.2) is 36.4 Å². The molecule has 3 aromatic rings. The van der Waals surface area contributed by atoms with Crippen molar-refractivity contribution in [2.24, 2.45) is 7.05 Å². The minimum Gasteiger partial charge on any atom is -0.493 e. The molecular weight excluding hydrogens is 344 g/mol. The largest absolute Gasteiger partial charge is 0.493 e. The zero-order chi connectivity index (χ0) is 19.6. The maximum Gasteiger partial charge on any atom is 0.251 e. The molecular formula is C21H24N2O4. The fourth-order valence-electron chi connectivity index (χ4n) is 3.14. The van der Waals surface area contributed by atoms with Gasteiger partial charge in [0.1, 0.15) is 0 Å². The highest BCUT2D eigenvalue weighted by molar-refractivity contribution is 5.95. The van der Waals surface area contributed by atoms with Gasteiger partial charge in [-0.05, 0) is 42.8 Å².